The van der Waals surface area contributed by atoms with E-state index in [-0.39, 0.29) is 11.9 Å². The molecule has 0 saturated carbocycles. The summed E-state index contributed by atoms with van der Waals surface area (Å²) in [7, 11) is -3.80. The summed E-state index contributed by atoms with van der Waals surface area (Å²) in [5.41, 5.74) is 0.896. The van der Waals surface area contributed by atoms with Gasteiger partial charge in [-0.2, -0.15) is 4.98 Å². The lowest BCUT2D eigenvalue weighted by Gasteiger charge is -2.17. The predicted molar refractivity (Wildman–Crippen MR) is 103 cm³/mol. The van der Waals surface area contributed by atoms with E-state index in [9.17, 15) is 13.2 Å². The van der Waals surface area contributed by atoms with E-state index >= 15 is 0 Å². The Morgan fingerprint density at radius 3 is 2.59 bits per heavy atom. The van der Waals surface area contributed by atoms with Gasteiger partial charge in [-0.05, 0) is 30.9 Å². The molecule has 3 aromatic rings. The van der Waals surface area contributed by atoms with Crippen molar-refractivity contribution in [3.05, 3.63) is 59.3 Å². The molecule has 0 radical (unpaired) electrons. The second-order valence-electron chi connectivity index (χ2n) is 6.08. The maximum absolute atomic E-state index is 12.6. The number of benzene rings is 1. The number of carbonyl (C=O) groups excluding carboxylic acids is 1. The van der Waals surface area contributed by atoms with Crippen molar-refractivity contribution in [3.8, 4) is 10.7 Å². The highest BCUT2D eigenvalue weighted by Gasteiger charge is 2.31. The Morgan fingerprint density at radius 1 is 1.19 bits per heavy atom. The molecule has 0 saturated heterocycles. The number of amides is 1. The smallest absolute Gasteiger partial charge is 0.242 e. The topological polar surface area (TPSA) is 102 Å². The van der Waals surface area contributed by atoms with Crippen LogP contribution in [0.15, 0.2) is 52.4 Å². The second-order valence-corrected chi connectivity index (χ2v) is 9.35. The van der Waals surface area contributed by atoms with Crippen molar-refractivity contribution < 1.29 is 17.7 Å². The van der Waals surface area contributed by atoms with Crippen molar-refractivity contribution >= 4 is 27.1 Å². The molecule has 0 aliphatic rings. The van der Waals surface area contributed by atoms with Crippen LogP contribution in [0.4, 0.5) is 0 Å². The van der Waals surface area contributed by atoms with Crippen molar-refractivity contribution in [1.82, 2.24) is 15.5 Å². The van der Waals surface area contributed by atoms with Crippen molar-refractivity contribution in [2.45, 2.75) is 30.9 Å². The van der Waals surface area contributed by atoms with E-state index in [4.69, 9.17) is 4.52 Å². The lowest BCUT2D eigenvalue weighted by Crippen LogP contribution is -2.39. The molecular weight excluding hydrogens is 386 g/mol. The largest absolute Gasteiger partial charge is 0.348 e. The van der Waals surface area contributed by atoms with Gasteiger partial charge >= 0.3 is 0 Å². The quantitative estimate of drug-likeness (QED) is 0.648. The zero-order valence-electron chi connectivity index (χ0n) is 14.8. The minimum Gasteiger partial charge on any atom is -0.348 e. The Balaban J connectivity index is 1.66. The first-order valence-corrected chi connectivity index (χ1v) is 10.9. The van der Waals surface area contributed by atoms with Crippen LogP contribution >= 0.6 is 11.3 Å². The number of rotatable bonds is 7. The third-order valence-electron chi connectivity index (χ3n) is 4.10. The fraction of sp³-hybridized carbons (Fsp3) is 0.278. The summed E-state index contributed by atoms with van der Waals surface area (Å²) in [6.45, 7) is 3.16. The Hall–Kier alpha value is -2.52. The van der Waals surface area contributed by atoms with Crippen LogP contribution in [-0.2, 0) is 20.4 Å². The van der Waals surface area contributed by atoms with Crippen LogP contribution in [0.25, 0.3) is 10.7 Å². The van der Waals surface area contributed by atoms with Crippen LogP contribution in [0.2, 0.25) is 0 Å². The number of carbonyl (C=O) groups is 1. The van der Waals surface area contributed by atoms with Gasteiger partial charge in [0.25, 0.3) is 0 Å². The molecule has 9 heteroatoms. The first-order chi connectivity index (χ1) is 12.9. The van der Waals surface area contributed by atoms with Crippen LogP contribution in [0.1, 0.15) is 31.3 Å². The van der Waals surface area contributed by atoms with Crippen LogP contribution in [0.3, 0.4) is 0 Å². The highest BCUT2D eigenvalue weighted by atomic mass is 32.2. The van der Waals surface area contributed by atoms with E-state index < -0.39 is 26.7 Å². The van der Waals surface area contributed by atoms with Crippen molar-refractivity contribution in [2.75, 3.05) is 0 Å². The number of thiophene rings is 1. The average Bonchev–Trinajstić information content (AvgIpc) is 3.33. The normalized spacial score (nSPS) is 13.9. The van der Waals surface area contributed by atoms with Crippen LogP contribution in [0, 0.1) is 0 Å². The number of nitrogens with one attached hydrogen (secondary N) is 1. The second kappa shape index (κ2) is 8.01. The summed E-state index contributed by atoms with van der Waals surface area (Å²) in [5.74, 6) is -0.747. The first kappa shape index (κ1) is 19.2. The van der Waals surface area contributed by atoms with E-state index in [1.807, 2.05) is 47.8 Å². The fourth-order valence-electron chi connectivity index (χ4n) is 2.44. The fourth-order valence-corrected chi connectivity index (χ4v) is 4.19. The molecule has 27 heavy (non-hydrogen) atoms. The molecule has 0 aliphatic heterocycles. The Morgan fingerprint density at radius 2 is 1.93 bits per heavy atom. The average molecular weight is 406 g/mol. The minimum atomic E-state index is -3.80. The third-order valence-corrected chi connectivity index (χ3v) is 6.91. The van der Waals surface area contributed by atoms with Crippen molar-refractivity contribution in [3.63, 3.8) is 0 Å². The van der Waals surface area contributed by atoms with Gasteiger partial charge in [0.05, 0.1) is 10.9 Å². The van der Waals surface area contributed by atoms with E-state index in [1.165, 1.54) is 18.3 Å². The van der Waals surface area contributed by atoms with Gasteiger partial charge in [0.1, 0.15) is 11.0 Å². The standard InChI is InChI=1S/C18H19N3O4S2/c1-12(14-7-4-3-5-8-14)19-18(22)13(2)27(23,24)11-16-20-17(21-25-16)15-9-6-10-26-15/h3-10,12-13H,11H2,1-2H3,(H,19,22)/t12-,13+/m0/s1. The third kappa shape index (κ3) is 4.61. The van der Waals surface area contributed by atoms with E-state index in [1.54, 1.807) is 6.92 Å². The maximum Gasteiger partial charge on any atom is 0.242 e. The number of sulfone groups is 1. The number of nitrogens with zero attached hydrogens (tertiary/aromatic N) is 2. The van der Waals surface area contributed by atoms with Gasteiger partial charge in [0, 0.05) is 0 Å². The number of aromatic nitrogens is 2. The zero-order chi connectivity index (χ0) is 19.4. The monoisotopic (exact) mass is 405 g/mol. The van der Waals surface area contributed by atoms with E-state index in [2.05, 4.69) is 15.5 Å². The molecule has 1 N–H and O–H groups in total. The van der Waals surface area contributed by atoms with Gasteiger partial charge in [-0.1, -0.05) is 41.6 Å². The van der Waals surface area contributed by atoms with Crippen molar-refractivity contribution in [2.24, 2.45) is 0 Å². The summed E-state index contributed by atoms with van der Waals surface area (Å²) in [6.07, 6.45) is 0. The van der Waals surface area contributed by atoms with E-state index in [0.29, 0.717) is 5.82 Å². The van der Waals surface area contributed by atoms with Gasteiger partial charge < -0.3 is 9.84 Å². The highest BCUT2D eigenvalue weighted by Crippen LogP contribution is 2.22. The van der Waals surface area contributed by atoms with Crippen molar-refractivity contribution in [1.29, 1.82) is 0 Å². The molecular formula is C18H19N3O4S2. The molecule has 0 fully saturated rings. The van der Waals surface area contributed by atoms with Gasteiger partial charge in [-0.25, -0.2) is 8.42 Å². The molecule has 0 spiro atoms. The molecule has 1 aromatic carbocycles. The summed E-state index contributed by atoms with van der Waals surface area (Å²) in [4.78, 5) is 17.3. The minimum absolute atomic E-state index is 0.0332. The maximum atomic E-state index is 12.6. The molecule has 142 valence electrons. The summed E-state index contributed by atoms with van der Waals surface area (Å²) in [6, 6.07) is 12.7. The molecule has 7 nitrogen and oxygen atoms in total. The molecule has 1 amide bonds. The van der Waals surface area contributed by atoms with Gasteiger partial charge in [0.2, 0.25) is 17.6 Å². The van der Waals surface area contributed by atoms with Gasteiger partial charge in [-0.15, -0.1) is 11.3 Å². The lowest BCUT2D eigenvalue weighted by atomic mass is 10.1. The lowest BCUT2D eigenvalue weighted by molar-refractivity contribution is -0.121. The summed E-state index contributed by atoms with van der Waals surface area (Å²) >= 11 is 1.42. The molecule has 3 rings (SSSR count). The Labute approximate surface area is 161 Å². The van der Waals surface area contributed by atoms with Gasteiger partial charge in [-0.3, -0.25) is 4.79 Å². The SMILES string of the molecule is C[C@H](NC(=O)[C@@H](C)S(=O)(=O)Cc1nc(-c2cccs2)no1)c1ccccc1. The number of hydrogen-bond donors (Lipinski definition) is 1. The molecule has 2 aromatic heterocycles. The summed E-state index contributed by atoms with van der Waals surface area (Å²) in [5, 5.41) is 7.15. The van der Waals surface area contributed by atoms with E-state index in [0.717, 1.165) is 10.4 Å². The predicted octanol–water partition coefficient (Wildman–Crippen LogP) is 2.98. The van der Waals surface area contributed by atoms with Crippen LogP contribution in [0.5, 0.6) is 0 Å². The van der Waals surface area contributed by atoms with Crippen LogP contribution < -0.4 is 5.32 Å². The van der Waals surface area contributed by atoms with Gasteiger partial charge in [0.15, 0.2) is 9.84 Å². The zero-order valence-corrected chi connectivity index (χ0v) is 16.5. The Bertz CT molecular complexity index is 998. The number of hydrogen-bond acceptors (Lipinski definition) is 7. The first-order valence-electron chi connectivity index (χ1n) is 8.30. The molecule has 2 heterocycles. The molecule has 0 aliphatic carbocycles. The van der Waals surface area contributed by atoms with Crippen LogP contribution in [-0.4, -0.2) is 29.7 Å². The summed E-state index contributed by atoms with van der Waals surface area (Å²) < 4.78 is 30.2. The molecule has 0 bridgehead atoms. The Kier molecular flexibility index (Phi) is 5.71. The molecule has 0 unspecified atom stereocenters. The highest BCUT2D eigenvalue weighted by molar-refractivity contribution is 7.92. The molecule has 2 atom stereocenters.